The van der Waals surface area contributed by atoms with Crippen molar-refractivity contribution in [3.8, 4) is 5.75 Å². The van der Waals surface area contributed by atoms with Crippen molar-refractivity contribution in [2.75, 3.05) is 26.3 Å². The van der Waals surface area contributed by atoms with Crippen LogP contribution in [0.3, 0.4) is 0 Å². The molecule has 1 atom stereocenters. The summed E-state index contributed by atoms with van der Waals surface area (Å²) in [5, 5.41) is 27.6. The van der Waals surface area contributed by atoms with Crippen LogP contribution in [0, 0.1) is 5.82 Å². The van der Waals surface area contributed by atoms with Gasteiger partial charge in [0.25, 0.3) is 0 Å². The number of nitrogens with one attached hydrogen (secondary N) is 1. The molecule has 2 rings (SSSR count). The fraction of sp³-hybridized carbons (Fsp3) is 0.500. The molecule has 0 amide bonds. The lowest BCUT2D eigenvalue weighted by Gasteiger charge is -2.12. The number of aliphatic hydroxyl groups excluding tert-OH is 1. The molecule has 0 bridgehead atoms. The number of aromatic hydroxyl groups is 1. The van der Waals surface area contributed by atoms with Gasteiger partial charge in [-0.2, -0.15) is 0 Å². The predicted octanol–water partition coefficient (Wildman–Crippen LogP) is 3.40. The first kappa shape index (κ1) is 27.2. The molecule has 0 aromatic heterocycles. The Kier molecular flexibility index (Phi) is 11.8. The van der Waals surface area contributed by atoms with Gasteiger partial charge in [0.1, 0.15) is 0 Å². The third-order valence-corrected chi connectivity index (χ3v) is 6.23. The Morgan fingerprint density at radius 2 is 1.73 bits per heavy atom. The molecule has 0 radical (unpaired) electrons. The Morgan fingerprint density at radius 3 is 2.48 bits per heavy atom. The Hall–Kier alpha value is -2.04. The van der Waals surface area contributed by atoms with Crippen molar-refractivity contribution in [2.24, 2.45) is 5.14 Å². The molecular weight excluding hydrogens is 447 g/mol. The fourth-order valence-corrected chi connectivity index (χ4v) is 4.01. The minimum Gasteiger partial charge on any atom is -0.505 e. The van der Waals surface area contributed by atoms with Gasteiger partial charge in [-0.25, -0.2) is 17.9 Å². The van der Waals surface area contributed by atoms with Crippen molar-refractivity contribution in [2.45, 2.75) is 55.9 Å². The maximum Gasteiger partial charge on any atom is 0.238 e. The first-order valence-corrected chi connectivity index (χ1v) is 12.9. The summed E-state index contributed by atoms with van der Waals surface area (Å²) in [6.45, 7) is 2.47. The highest BCUT2D eigenvalue weighted by Gasteiger charge is 2.10. The van der Waals surface area contributed by atoms with Gasteiger partial charge in [0.05, 0.1) is 11.0 Å². The highest BCUT2D eigenvalue weighted by molar-refractivity contribution is 7.89. The van der Waals surface area contributed by atoms with E-state index in [4.69, 9.17) is 9.88 Å². The largest absolute Gasteiger partial charge is 0.505 e. The van der Waals surface area contributed by atoms with E-state index in [9.17, 15) is 23.0 Å². The van der Waals surface area contributed by atoms with E-state index < -0.39 is 27.7 Å². The molecule has 0 saturated heterocycles. The van der Waals surface area contributed by atoms with E-state index in [1.165, 1.54) is 18.2 Å². The van der Waals surface area contributed by atoms with Crippen LogP contribution in [-0.4, -0.2) is 44.9 Å². The molecule has 2 aromatic carbocycles. The molecule has 0 aliphatic heterocycles. The summed E-state index contributed by atoms with van der Waals surface area (Å²) in [6.07, 6.45) is 6.03. The van der Waals surface area contributed by atoms with E-state index in [1.54, 1.807) is 12.1 Å². The van der Waals surface area contributed by atoms with Crippen LogP contribution >= 0.6 is 0 Å². The smallest absolute Gasteiger partial charge is 0.238 e. The van der Waals surface area contributed by atoms with Crippen LogP contribution in [0.15, 0.2) is 47.4 Å². The van der Waals surface area contributed by atoms with Crippen molar-refractivity contribution in [1.29, 1.82) is 0 Å². The van der Waals surface area contributed by atoms with Gasteiger partial charge in [-0.15, -0.1) is 0 Å². The Morgan fingerprint density at radius 1 is 1.00 bits per heavy atom. The number of ether oxygens (including phenoxy) is 1. The topological polar surface area (TPSA) is 122 Å². The lowest BCUT2D eigenvalue weighted by Crippen LogP contribution is -2.22. The van der Waals surface area contributed by atoms with Crippen LogP contribution in [0.4, 0.5) is 4.39 Å². The molecule has 0 unspecified atom stereocenters. The average Bonchev–Trinajstić information content (AvgIpc) is 2.78. The molecule has 0 fully saturated rings. The highest BCUT2D eigenvalue weighted by Crippen LogP contribution is 2.20. The lowest BCUT2D eigenvalue weighted by molar-refractivity contribution is 0.127. The second kappa shape index (κ2) is 14.3. The molecule has 0 aliphatic carbocycles. The van der Waals surface area contributed by atoms with E-state index in [0.717, 1.165) is 63.1 Å². The number of halogens is 1. The maximum absolute atomic E-state index is 13.3. The quantitative estimate of drug-likeness (QED) is 0.272. The van der Waals surface area contributed by atoms with E-state index in [1.807, 2.05) is 6.07 Å². The van der Waals surface area contributed by atoms with Gasteiger partial charge < -0.3 is 20.3 Å². The van der Waals surface area contributed by atoms with E-state index >= 15 is 0 Å². The molecule has 5 N–H and O–H groups in total. The standard InChI is InChI=1S/C24H35FN2O5S/c25-22-17-20(11-12-23(22)28)24(29)18-27-13-4-2-1-3-5-14-32-15-7-9-19-8-6-10-21(16-19)33(26,30)31/h6,8,10-12,16-17,24,27-29H,1-5,7,9,13-15,18H2,(H2,26,30,31)/t24-/m0/s1. The van der Waals surface area contributed by atoms with Crippen molar-refractivity contribution < 1.29 is 27.8 Å². The zero-order chi connectivity index (χ0) is 24.1. The number of aliphatic hydroxyl groups is 1. The first-order valence-electron chi connectivity index (χ1n) is 11.3. The number of phenols is 1. The van der Waals surface area contributed by atoms with Crippen molar-refractivity contribution >= 4 is 10.0 Å². The zero-order valence-electron chi connectivity index (χ0n) is 18.9. The van der Waals surface area contributed by atoms with Crippen LogP contribution in [0.2, 0.25) is 0 Å². The Labute approximate surface area is 195 Å². The summed E-state index contributed by atoms with van der Waals surface area (Å²) >= 11 is 0. The summed E-state index contributed by atoms with van der Waals surface area (Å²) in [4.78, 5) is 0.139. The minimum atomic E-state index is -3.67. The summed E-state index contributed by atoms with van der Waals surface area (Å²) in [5.74, 6) is -1.15. The molecule has 2 aromatic rings. The molecule has 9 heteroatoms. The molecule has 0 aliphatic rings. The molecule has 0 spiro atoms. The predicted molar refractivity (Wildman–Crippen MR) is 126 cm³/mol. The van der Waals surface area contributed by atoms with Gasteiger partial charge in [-0.05, 0) is 67.6 Å². The molecule has 0 saturated carbocycles. The molecule has 7 nitrogen and oxygen atoms in total. The van der Waals surface area contributed by atoms with Crippen LogP contribution in [0.5, 0.6) is 5.75 Å². The summed E-state index contributed by atoms with van der Waals surface area (Å²) in [6, 6.07) is 10.6. The number of sulfonamides is 1. The summed E-state index contributed by atoms with van der Waals surface area (Å²) in [5.41, 5.74) is 1.37. The number of benzene rings is 2. The monoisotopic (exact) mass is 482 g/mol. The lowest BCUT2D eigenvalue weighted by atomic mass is 10.1. The second-order valence-corrected chi connectivity index (χ2v) is 9.67. The summed E-state index contributed by atoms with van der Waals surface area (Å²) < 4.78 is 41.7. The number of rotatable bonds is 16. The van der Waals surface area contributed by atoms with Crippen LogP contribution in [-0.2, 0) is 21.2 Å². The van der Waals surface area contributed by atoms with Crippen LogP contribution in [0.25, 0.3) is 0 Å². The van der Waals surface area contributed by atoms with E-state index in [2.05, 4.69) is 5.32 Å². The summed E-state index contributed by atoms with van der Waals surface area (Å²) in [7, 11) is -3.67. The van der Waals surface area contributed by atoms with Crippen molar-refractivity contribution in [3.05, 3.63) is 59.4 Å². The molecule has 33 heavy (non-hydrogen) atoms. The SMILES string of the molecule is NS(=O)(=O)c1cccc(CCCOCCCCCCCNC[C@H](O)c2ccc(O)c(F)c2)c1. The highest BCUT2D eigenvalue weighted by atomic mass is 32.2. The van der Waals surface area contributed by atoms with Gasteiger partial charge in [-0.3, -0.25) is 0 Å². The zero-order valence-corrected chi connectivity index (χ0v) is 19.7. The third kappa shape index (κ3) is 10.6. The van der Waals surface area contributed by atoms with Crippen molar-refractivity contribution in [3.63, 3.8) is 0 Å². The Balaban J connectivity index is 1.42. The number of hydrogen-bond donors (Lipinski definition) is 4. The van der Waals surface area contributed by atoms with Crippen LogP contribution in [0.1, 0.15) is 55.8 Å². The van der Waals surface area contributed by atoms with Crippen molar-refractivity contribution in [1.82, 2.24) is 5.32 Å². The van der Waals surface area contributed by atoms with Crippen LogP contribution < -0.4 is 10.5 Å². The number of nitrogens with two attached hydrogens (primary N) is 1. The van der Waals surface area contributed by atoms with Gasteiger partial charge in [-0.1, -0.05) is 37.5 Å². The Bertz CT molecular complexity index is 956. The average molecular weight is 483 g/mol. The van der Waals surface area contributed by atoms with Gasteiger partial charge >= 0.3 is 0 Å². The second-order valence-electron chi connectivity index (χ2n) is 8.11. The number of unbranched alkanes of at least 4 members (excludes halogenated alkanes) is 4. The minimum absolute atomic E-state index is 0.139. The molecular formula is C24H35FN2O5S. The van der Waals surface area contributed by atoms with E-state index in [0.29, 0.717) is 25.3 Å². The third-order valence-electron chi connectivity index (χ3n) is 5.32. The number of primary sulfonamides is 1. The first-order chi connectivity index (χ1) is 15.8. The van der Waals surface area contributed by atoms with Gasteiger partial charge in [0.2, 0.25) is 10.0 Å². The van der Waals surface area contributed by atoms with Gasteiger partial charge in [0, 0.05) is 19.8 Å². The molecule has 0 heterocycles. The number of phenolic OH excluding ortho intramolecular Hbond substituents is 1. The van der Waals surface area contributed by atoms with Gasteiger partial charge in [0.15, 0.2) is 11.6 Å². The van der Waals surface area contributed by atoms with E-state index in [-0.39, 0.29) is 4.90 Å². The molecule has 184 valence electrons. The number of aryl methyl sites for hydroxylation is 1. The fourth-order valence-electron chi connectivity index (χ4n) is 3.43. The normalized spacial score (nSPS) is 12.7. The number of hydrogen-bond acceptors (Lipinski definition) is 6. The maximum atomic E-state index is 13.3.